The van der Waals surface area contributed by atoms with Gasteiger partial charge in [0.05, 0.1) is 5.56 Å². The van der Waals surface area contributed by atoms with E-state index in [0.29, 0.717) is 18.7 Å². The number of hydrogen-bond donors (Lipinski definition) is 1. The van der Waals surface area contributed by atoms with Crippen molar-refractivity contribution in [2.24, 2.45) is 0 Å². The van der Waals surface area contributed by atoms with Gasteiger partial charge in [-0.3, -0.25) is 4.79 Å². The molecule has 7 heteroatoms. The predicted octanol–water partition coefficient (Wildman–Crippen LogP) is 2.28. The van der Waals surface area contributed by atoms with Crippen molar-refractivity contribution in [2.75, 3.05) is 27.2 Å². The number of benzene rings is 1. The SMILES string of the molecule is CCNCc1ccc(OCC(=O)N(C)C)c(C(F)(F)F)c1. The molecule has 0 spiro atoms. The summed E-state index contributed by atoms with van der Waals surface area (Å²) in [5.74, 6) is -0.738. The van der Waals surface area contributed by atoms with E-state index in [-0.39, 0.29) is 5.75 Å². The van der Waals surface area contributed by atoms with Crippen LogP contribution in [0.2, 0.25) is 0 Å². The molecule has 1 N–H and O–H groups in total. The Kier molecular flexibility index (Phi) is 6.02. The van der Waals surface area contributed by atoms with E-state index in [4.69, 9.17) is 4.74 Å². The molecule has 0 aliphatic heterocycles. The largest absolute Gasteiger partial charge is 0.483 e. The number of carbonyl (C=O) groups excluding carboxylic acids is 1. The van der Waals surface area contributed by atoms with Crippen LogP contribution in [0.25, 0.3) is 0 Å². The number of nitrogens with zero attached hydrogens (tertiary/aromatic N) is 1. The van der Waals surface area contributed by atoms with Crippen molar-refractivity contribution in [1.82, 2.24) is 10.2 Å². The van der Waals surface area contributed by atoms with Gasteiger partial charge in [-0.1, -0.05) is 13.0 Å². The van der Waals surface area contributed by atoms with Crippen LogP contribution in [0.4, 0.5) is 13.2 Å². The zero-order valence-corrected chi connectivity index (χ0v) is 12.3. The lowest BCUT2D eigenvalue weighted by atomic mass is 10.1. The molecule has 0 fully saturated rings. The van der Waals surface area contributed by atoms with Crippen LogP contribution in [0, 0.1) is 0 Å². The highest BCUT2D eigenvalue weighted by Gasteiger charge is 2.34. The Hall–Kier alpha value is -1.76. The van der Waals surface area contributed by atoms with Crippen LogP contribution in [-0.2, 0) is 17.5 Å². The average Bonchev–Trinajstić information content (AvgIpc) is 2.41. The molecule has 118 valence electrons. The smallest absolute Gasteiger partial charge is 0.419 e. The average molecular weight is 304 g/mol. The second kappa shape index (κ2) is 7.31. The molecule has 0 radical (unpaired) electrons. The summed E-state index contributed by atoms with van der Waals surface area (Å²) in [5.41, 5.74) is -0.361. The third-order valence-electron chi connectivity index (χ3n) is 2.78. The molecule has 0 aromatic heterocycles. The Bertz CT molecular complexity index is 488. The number of nitrogens with one attached hydrogen (secondary N) is 1. The molecule has 0 aliphatic carbocycles. The normalized spacial score (nSPS) is 11.3. The van der Waals surface area contributed by atoms with Gasteiger partial charge in [0, 0.05) is 20.6 Å². The molecular weight excluding hydrogens is 285 g/mol. The summed E-state index contributed by atoms with van der Waals surface area (Å²) in [5, 5.41) is 2.96. The van der Waals surface area contributed by atoms with E-state index >= 15 is 0 Å². The minimum absolute atomic E-state index is 0.335. The molecule has 21 heavy (non-hydrogen) atoms. The molecule has 1 amide bonds. The molecule has 0 atom stereocenters. The van der Waals surface area contributed by atoms with Gasteiger partial charge in [-0.2, -0.15) is 13.2 Å². The molecule has 4 nitrogen and oxygen atoms in total. The van der Waals surface area contributed by atoms with E-state index < -0.39 is 24.3 Å². The lowest BCUT2D eigenvalue weighted by Crippen LogP contribution is -2.28. The van der Waals surface area contributed by atoms with E-state index in [9.17, 15) is 18.0 Å². The standard InChI is InChI=1S/C14H19F3N2O2/c1-4-18-8-10-5-6-12(11(7-10)14(15,16)17)21-9-13(20)19(2)3/h5-7,18H,4,8-9H2,1-3H3. The first-order valence-corrected chi connectivity index (χ1v) is 6.49. The molecule has 1 rings (SSSR count). The number of carbonyl (C=O) groups is 1. The number of rotatable bonds is 6. The van der Waals surface area contributed by atoms with Crippen LogP contribution >= 0.6 is 0 Å². The molecule has 0 bridgehead atoms. The van der Waals surface area contributed by atoms with Crippen LogP contribution in [0.15, 0.2) is 18.2 Å². The fourth-order valence-corrected chi connectivity index (χ4v) is 1.57. The van der Waals surface area contributed by atoms with Gasteiger partial charge in [-0.25, -0.2) is 0 Å². The number of ether oxygens (including phenoxy) is 1. The molecular formula is C14H19F3N2O2. The highest BCUT2D eigenvalue weighted by molar-refractivity contribution is 5.77. The third-order valence-corrected chi connectivity index (χ3v) is 2.78. The number of amides is 1. The molecule has 0 aliphatic rings. The van der Waals surface area contributed by atoms with Crippen molar-refractivity contribution in [2.45, 2.75) is 19.6 Å². The summed E-state index contributed by atoms with van der Waals surface area (Å²) in [7, 11) is 3.02. The van der Waals surface area contributed by atoms with Gasteiger partial charge in [0.1, 0.15) is 5.75 Å². The summed E-state index contributed by atoms with van der Waals surface area (Å²) in [6, 6.07) is 3.84. The van der Waals surface area contributed by atoms with Crippen LogP contribution in [0.3, 0.4) is 0 Å². The lowest BCUT2D eigenvalue weighted by Gasteiger charge is -2.16. The van der Waals surface area contributed by atoms with E-state index in [1.54, 1.807) is 6.07 Å². The van der Waals surface area contributed by atoms with Gasteiger partial charge in [-0.05, 0) is 24.2 Å². The van der Waals surface area contributed by atoms with Gasteiger partial charge < -0.3 is 15.0 Å². The van der Waals surface area contributed by atoms with E-state index in [2.05, 4.69) is 5.32 Å². The van der Waals surface area contributed by atoms with Crippen LogP contribution in [0.5, 0.6) is 5.75 Å². The quantitative estimate of drug-likeness (QED) is 0.876. The lowest BCUT2D eigenvalue weighted by molar-refractivity contribution is -0.140. The van der Waals surface area contributed by atoms with Gasteiger partial charge in [0.25, 0.3) is 5.91 Å². The fraction of sp³-hybridized carbons (Fsp3) is 0.500. The number of alkyl halides is 3. The minimum Gasteiger partial charge on any atom is -0.483 e. The van der Waals surface area contributed by atoms with E-state index in [1.165, 1.54) is 25.1 Å². The second-order valence-corrected chi connectivity index (χ2v) is 4.69. The van der Waals surface area contributed by atoms with Crippen molar-refractivity contribution < 1.29 is 22.7 Å². The first kappa shape index (κ1) is 17.3. The van der Waals surface area contributed by atoms with Gasteiger partial charge in [0.15, 0.2) is 6.61 Å². The van der Waals surface area contributed by atoms with Gasteiger partial charge >= 0.3 is 6.18 Å². The van der Waals surface area contributed by atoms with Crippen molar-refractivity contribution in [3.05, 3.63) is 29.3 Å². The number of halogens is 3. The maximum Gasteiger partial charge on any atom is 0.419 e. The summed E-state index contributed by atoms with van der Waals surface area (Å²) in [6.07, 6.45) is -4.53. The predicted molar refractivity (Wildman–Crippen MR) is 73.0 cm³/mol. The Balaban J connectivity index is 2.94. The highest BCUT2D eigenvalue weighted by atomic mass is 19.4. The highest BCUT2D eigenvalue weighted by Crippen LogP contribution is 2.36. The summed E-state index contributed by atoms with van der Waals surface area (Å²) >= 11 is 0. The zero-order chi connectivity index (χ0) is 16.0. The Morgan fingerprint density at radius 3 is 2.52 bits per heavy atom. The Morgan fingerprint density at radius 2 is 2.00 bits per heavy atom. The van der Waals surface area contributed by atoms with E-state index in [0.717, 1.165) is 6.07 Å². The van der Waals surface area contributed by atoms with Crippen molar-refractivity contribution in [1.29, 1.82) is 0 Å². The van der Waals surface area contributed by atoms with E-state index in [1.807, 2.05) is 6.92 Å². The molecule has 0 saturated carbocycles. The Morgan fingerprint density at radius 1 is 1.33 bits per heavy atom. The Labute approximate surface area is 121 Å². The first-order chi connectivity index (χ1) is 9.75. The third kappa shape index (κ3) is 5.26. The number of hydrogen-bond acceptors (Lipinski definition) is 3. The summed E-state index contributed by atoms with van der Waals surface area (Å²) in [4.78, 5) is 12.7. The van der Waals surface area contributed by atoms with Crippen LogP contribution < -0.4 is 10.1 Å². The summed E-state index contributed by atoms with van der Waals surface area (Å²) in [6.45, 7) is 2.45. The minimum atomic E-state index is -4.53. The van der Waals surface area contributed by atoms with Crippen LogP contribution in [-0.4, -0.2) is 38.1 Å². The molecule has 0 saturated heterocycles. The molecule has 1 aromatic carbocycles. The van der Waals surface area contributed by atoms with Crippen LogP contribution in [0.1, 0.15) is 18.1 Å². The zero-order valence-electron chi connectivity index (χ0n) is 12.3. The maximum atomic E-state index is 13.0. The number of likely N-dealkylation sites (N-methyl/N-ethyl adjacent to an activating group) is 1. The molecule has 0 heterocycles. The van der Waals surface area contributed by atoms with Crippen molar-refractivity contribution in [3.8, 4) is 5.75 Å². The first-order valence-electron chi connectivity index (χ1n) is 6.49. The molecule has 0 unspecified atom stereocenters. The fourth-order valence-electron chi connectivity index (χ4n) is 1.57. The van der Waals surface area contributed by atoms with Crippen molar-refractivity contribution >= 4 is 5.91 Å². The van der Waals surface area contributed by atoms with Crippen molar-refractivity contribution in [3.63, 3.8) is 0 Å². The van der Waals surface area contributed by atoms with Gasteiger partial charge in [-0.15, -0.1) is 0 Å². The molecule has 1 aromatic rings. The maximum absolute atomic E-state index is 13.0. The monoisotopic (exact) mass is 304 g/mol. The second-order valence-electron chi connectivity index (χ2n) is 4.69. The summed E-state index contributed by atoms with van der Waals surface area (Å²) < 4.78 is 44.1. The topological polar surface area (TPSA) is 41.6 Å². The van der Waals surface area contributed by atoms with Gasteiger partial charge in [0.2, 0.25) is 0 Å².